The van der Waals surface area contributed by atoms with Gasteiger partial charge in [-0.2, -0.15) is 8.78 Å². The minimum absolute atomic E-state index is 0.0489. The first-order chi connectivity index (χ1) is 12.9. The fraction of sp³-hybridized carbons (Fsp3) is 0.278. The molecule has 0 fully saturated rings. The molecule has 0 radical (unpaired) electrons. The number of hydrogen-bond acceptors (Lipinski definition) is 5. The van der Waals surface area contributed by atoms with Crippen LogP contribution in [-0.4, -0.2) is 22.1 Å². The summed E-state index contributed by atoms with van der Waals surface area (Å²) in [7, 11) is 0. The monoisotopic (exact) mass is 391 g/mol. The molecule has 1 N–H and O–H groups in total. The van der Waals surface area contributed by atoms with Gasteiger partial charge in [-0.25, -0.2) is 4.98 Å². The molecular weight excluding hydrogens is 376 g/mol. The molecule has 1 aliphatic heterocycles. The van der Waals surface area contributed by atoms with Crippen LogP contribution in [0.5, 0.6) is 5.75 Å². The van der Waals surface area contributed by atoms with Gasteiger partial charge >= 0.3 is 6.61 Å². The van der Waals surface area contributed by atoms with Crippen LogP contribution in [-0.2, 0) is 13.0 Å². The smallest absolute Gasteiger partial charge is 0.387 e. The molecule has 0 saturated carbocycles. The first-order valence-electron chi connectivity index (χ1n) is 8.33. The van der Waals surface area contributed by atoms with Crippen LogP contribution in [0.3, 0.4) is 0 Å². The second-order valence-corrected chi connectivity index (χ2v) is 7.18. The van der Waals surface area contributed by atoms with E-state index in [1.54, 1.807) is 17.6 Å². The fourth-order valence-electron chi connectivity index (χ4n) is 3.23. The minimum Gasteiger partial charge on any atom is -0.435 e. The van der Waals surface area contributed by atoms with Crippen LogP contribution in [0.15, 0.2) is 29.1 Å². The molecule has 0 bridgehead atoms. The molecule has 3 aromatic rings. The molecule has 0 saturated heterocycles. The summed E-state index contributed by atoms with van der Waals surface area (Å²) in [5.74, 6) is 0.277. The number of hydrogen-bond donors (Lipinski definition) is 1. The van der Waals surface area contributed by atoms with Gasteiger partial charge in [0.25, 0.3) is 11.5 Å². The summed E-state index contributed by atoms with van der Waals surface area (Å²) in [5, 5.41) is 3.12. The zero-order chi connectivity index (χ0) is 19.1. The maximum absolute atomic E-state index is 12.7. The second-order valence-electron chi connectivity index (χ2n) is 6.19. The molecule has 0 unspecified atom stereocenters. The van der Waals surface area contributed by atoms with E-state index in [0.29, 0.717) is 32.9 Å². The zero-order valence-corrected chi connectivity index (χ0v) is 15.1. The van der Waals surface area contributed by atoms with Gasteiger partial charge in [-0.05, 0) is 31.0 Å². The van der Waals surface area contributed by atoms with Gasteiger partial charge in [0.05, 0.1) is 10.3 Å². The van der Waals surface area contributed by atoms with E-state index >= 15 is 0 Å². The molecule has 0 spiro atoms. The Morgan fingerprint density at radius 2 is 2.22 bits per heavy atom. The molecule has 1 amide bonds. The lowest BCUT2D eigenvalue weighted by Gasteiger charge is -2.08. The van der Waals surface area contributed by atoms with Gasteiger partial charge in [0, 0.05) is 24.7 Å². The number of nitrogens with zero attached hydrogens (tertiary/aromatic N) is 2. The van der Waals surface area contributed by atoms with Crippen molar-refractivity contribution in [3.8, 4) is 5.75 Å². The van der Waals surface area contributed by atoms with E-state index in [-0.39, 0.29) is 11.3 Å². The average molecular weight is 391 g/mol. The molecular formula is C18H15F2N3O3S. The molecule has 140 valence electrons. The highest BCUT2D eigenvalue weighted by Gasteiger charge is 2.23. The van der Waals surface area contributed by atoms with Gasteiger partial charge in [-0.3, -0.25) is 14.2 Å². The number of aryl methyl sites for hydroxylation is 2. The second kappa shape index (κ2) is 6.73. The number of carbonyl (C=O) groups is 1. The molecule has 27 heavy (non-hydrogen) atoms. The third kappa shape index (κ3) is 3.18. The zero-order valence-electron chi connectivity index (χ0n) is 14.3. The molecule has 0 aliphatic carbocycles. The third-order valence-corrected chi connectivity index (χ3v) is 5.62. The van der Waals surface area contributed by atoms with Gasteiger partial charge in [-0.15, -0.1) is 11.3 Å². The Bertz CT molecular complexity index is 1110. The highest BCUT2D eigenvalue weighted by molar-refractivity contribution is 7.20. The van der Waals surface area contributed by atoms with Crippen molar-refractivity contribution in [1.29, 1.82) is 0 Å². The molecule has 3 heterocycles. The van der Waals surface area contributed by atoms with Crippen LogP contribution in [0.2, 0.25) is 0 Å². The van der Waals surface area contributed by atoms with E-state index < -0.39 is 12.5 Å². The van der Waals surface area contributed by atoms with Crippen LogP contribution in [0, 0.1) is 6.92 Å². The summed E-state index contributed by atoms with van der Waals surface area (Å²) in [5.41, 5.74) is 0.780. The molecule has 9 heteroatoms. The van der Waals surface area contributed by atoms with Crippen molar-refractivity contribution in [2.45, 2.75) is 32.9 Å². The number of fused-ring (bicyclic) bond motifs is 2. The van der Waals surface area contributed by atoms with Crippen molar-refractivity contribution in [2.24, 2.45) is 0 Å². The van der Waals surface area contributed by atoms with Crippen molar-refractivity contribution >= 4 is 33.1 Å². The summed E-state index contributed by atoms with van der Waals surface area (Å²) < 4.78 is 30.7. The molecule has 6 nitrogen and oxygen atoms in total. The van der Waals surface area contributed by atoms with Crippen LogP contribution in [0.4, 0.5) is 14.5 Å². The molecule has 1 aromatic carbocycles. The number of anilines is 1. The maximum Gasteiger partial charge on any atom is 0.387 e. The Balaban J connectivity index is 1.67. The maximum atomic E-state index is 12.7. The largest absolute Gasteiger partial charge is 0.435 e. The van der Waals surface area contributed by atoms with Crippen molar-refractivity contribution in [3.05, 3.63) is 50.9 Å². The molecule has 1 aliphatic rings. The number of thiophene rings is 1. The van der Waals surface area contributed by atoms with Crippen LogP contribution >= 0.6 is 11.3 Å². The molecule has 0 atom stereocenters. The first kappa shape index (κ1) is 17.6. The lowest BCUT2D eigenvalue weighted by atomic mass is 10.2. The highest BCUT2D eigenvalue weighted by atomic mass is 32.1. The Hall–Kier alpha value is -2.81. The van der Waals surface area contributed by atoms with Crippen LogP contribution < -0.4 is 15.6 Å². The summed E-state index contributed by atoms with van der Waals surface area (Å²) >= 11 is 1.16. The standard InChI is InChI=1S/C18H15F2N3O3S/c1-9-13-16(22-12-6-3-7-23(12)17(13)25)27-14(9)15(24)21-10-4-2-5-11(8-10)26-18(19)20/h2,4-5,8,18H,3,6-7H2,1H3,(H,21,24). The summed E-state index contributed by atoms with van der Waals surface area (Å²) in [4.78, 5) is 30.8. The number of aromatic nitrogens is 2. The van der Waals surface area contributed by atoms with E-state index in [1.807, 2.05) is 0 Å². The number of benzene rings is 1. The van der Waals surface area contributed by atoms with E-state index in [1.165, 1.54) is 18.2 Å². The number of nitrogens with one attached hydrogen (secondary N) is 1. The predicted molar refractivity (Wildman–Crippen MR) is 98.0 cm³/mol. The average Bonchev–Trinajstić information content (AvgIpc) is 3.20. The van der Waals surface area contributed by atoms with Crippen molar-refractivity contribution in [1.82, 2.24) is 9.55 Å². The van der Waals surface area contributed by atoms with E-state index in [2.05, 4.69) is 15.0 Å². The van der Waals surface area contributed by atoms with Gasteiger partial charge < -0.3 is 10.1 Å². The predicted octanol–water partition coefficient (Wildman–Crippen LogP) is 3.57. The van der Waals surface area contributed by atoms with E-state index in [4.69, 9.17) is 0 Å². The minimum atomic E-state index is -2.94. The van der Waals surface area contributed by atoms with Crippen LogP contribution in [0.25, 0.3) is 10.2 Å². The highest BCUT2D eigenvalue weighted by Crippen LogP contribution is 2.29. The van der Waals surface area contributed by atoms with Crippen molar-refractivity contribution < 1.29 is 18.3 Å². The van der Waals surface area contributed by atoms with Crippen LogP contribution in [0.1, 0.15) is 27.5 Å². The first-order valence-corrected chi connectivity index (χ1v) is 9.14. The Morgan fingerprint density at radius 3 is 3.00 bits per heavy atom. The van der Waals surface area contributed by atoms with E-state index in [9.17, 15) is 18.4 Å². The Kier molecular flexibility index (Phi) is 4.39. The number of amides is 1. The lowest BCUT2D eigenvalue weighted by Crippen LogP contribution is -2.20. The fourth-order valence-corrected chi connectivity index (χ4v) is 4.32. The summed E-state index contributed by atoms with van der Waals surface area (Å²) in [6.45, 7) is -0.582. The number of alkyl halides is 2. The number of carbonyl (C=O) groups excluding carboxylic acids is 1. The number of halogens is 2. The third-order valence-electron chi connectivity index (χ3n) is 4.43. The number of ether oxygens (including phenoxy) is 1. The Morgan fingerprint density at radius 1 is 1.41 bits per heavy atom. The van der Waals surface area contributed by atoms with Gasteiger partial charge in [0.2, 0.25) is 0 Å². The lowest BCUT2D eigenvalue weighted by molar-refractivity contribution is -0.0497. The van der Waals surface area contributed by atoms with Gasteiger partial charge in [-0.1, -0.05) is 6.07 Å². The Labute approximate surface area is 156 Å². The quantitative estimate of drug-likeness (QED) is 0.738. The van der Waals surface area contributed by atoms with Crippen molar-refractivity contribution in [2.75, 3.05) is 5.32 Å². The van der Waals surface area contributed by atoms with Gasteiger partial charge in [0.1, 0.15) is 16.4 Å². The topological polar surface area (TPSA) is 73.2 Å². The molecule has 4 rings (SSSR count). The summed E-state index contributed by atoms with van der Waals surface area (Å²) in [6.07, 6.45) is 1.64. The number of rotatable bonds is 4. The summed E-state index contributed by atoms with van der Waals surface area (Å²) in [6, 6.07) is 5.76. The normalized spacial score (nSPS) is 13.2. The SMILES string of the molecule is Cc1c(C(=O)Nc2cccc(OC(F)F)c2)sc2nc3n(c(=O)c12)CCC3. The molecule has 2 aromatic heterocycles. The van der Waals surface area contributed by atoms with Gasteiger partial charge in [0.15, 0.2) is 0 Å². The van der Waals surface area contributed by atoms with Crippen molar-refractivity contribution in [3.63, 3.8) is 0 Å². The van der Waals surface area contributed by atoms with E-state index in [0.717, 1.165) is 30.0 Å².